The maximum Gasteiger partial charge on any atom is 0.337 e. The molecule has 0 bridgehead atoms. The summed E-state index contributed by atoms with van der Waals surface area (Å²) < 4.78 is 0. The van der Waals surface area contributed by atoms with E-state index in [1.807, 2.05) is 0 Å². The molecule has 1 aromatic heterocycles. The molecule has 0 radical (unpaired) electrons. The number of aromatic carboxylic acids is 1. The van der Waals surface area contributed by atoms with E-state index in [-0.39, 0.29) is 28.1 Å². The third-order valence-electron chi connectivity index (χ3n) is 2.75. The van der Waals surface area contributed by atoms with Gasteiger partial charge in [0.05, 0.1) is 16.7 Å². The van der Waals surface area contributed by atoms with Crippen LogP contribution in [0.15, 0.2) is 34.2 Å². The lowest BCUT2D eigenvalue weighted by molar-refractivity contribution is -0.115. The van der Waals surface area contributed by atoms with Crippen molar-refractivity contribution in [1.82, 2.24) is 9.97 Å². The van der Waals surface area contributed by atoms with Crippen molar-refractivity contribution in [1.29, 1.82) is 0 Å². The number of aromatic nitrogens is 2. The van der Waals surface area contributed by atoms with Gasteiger partial charge >= 0.3 is 5.97 Å². The van der Waals surface area contributed by atoms with Gasteiger partial charge in [0.1, 0.15) is 0 Å². The SMILES string of the molecule is O=C(CCSc1nc(O)cc(=O)[nH]1)Nc1ccc(Cl)c(C(=O)O)c1. The molecule has 0 aliphatic rings. The number of hydrogen-bond donors (Lipinski definition) is 4. The Balaban J connectivity index is 1.90. The first-order chi connectivity index (χ1) is 11.3. The quantitative estimate of drug-likeness (QED) is 0.451. The van der Waals surface area contributed by atoms with Gasteiger partial charge in [-0.3, -0.25) is 9.59 Å². The summed E-state index contributed by atoms with van der Waals surface area (Å²) in [5.41, 5.74) is -0.280. The molecule has 0 fully saturated rings. The minimum atomic E-state index is -1.19. The van der Waals surface area contributed by atoms with Gasteiger partial charge in [-0.1, -0.05) is 23.4 Å². The zero-order valence-corrected chi connectivity index (χ0v) is 13.6. The largest absolute Gasteiger partial charge is 0.493 e. The number of amides is 1. The van der Waals surface area contributed by atoms with Crippen molar-refractivity contribution in [3.63, 3.8) is 0 Å². The molecule has 0 aliphatic carbocycles. The first-order valence-electron chi connectivity index (χ1n) is 6.61. The molecular weight excluding hydrogens is 358 g/mol. The Morgan fingerprint density at radius 2 is 2.08 bits per heavy atom. The summed E-state index contributed by atoms with van der Waals surface area (Å²) in [4.78, 5) is 40.1. The van der Waals surface area contributed by atoms with Gasteiger partial charge < -0.3 is 20.5 Å². The number of halogens is 1. The second-order valence-electron chi connectivity index (χ2n) is 4.56. The highest BCUT2D eigenvalue weighted by molar-refractivity contribution is 7.99. The van der Waals surface area contributed by atoms with Crippen molar-refractivity contribution in [2.24, 2.45) is 0 Å². The number of aromatic amines is 1. The smallest absolute Gasteiger partial charge is 0.337 e. The van der Waals surface area contributed by atoms with Crippen molar-refractivity contribution in [2.45, 2.75) is 11.6 Å². The van der Waals surface area contributed by atoms with E-state index in [1.54, 1.807) is 0 Å². The number of nitrogens with zero attached hydrogens (tertiary/aromatic N) is 1. The second-order valence-corrected chi connectivity index (χ2v) is 6.05. The molecule has 4 N–H and O–H groups in total. The zero-order valence-electron chi connectivity index (χ0n) is 12.1. The zero-order chi connectivity index (χ0) is 17.7. The van der Waals surface area contributed by atoms with Crippen molar-refractivity contribution < 1.29 is 19.8 Å². The van der Waals surface area contributed by atoms with Crippen molar-refractivity contribution in [2.75, 3.05) is 11.1 Å². The summed E-state index contributed by atoms with van der Waals surface area (Å²) in [5, 5.41) is 21.0. The van der Waals surface area contributed by atoms with Crippen molar-refractivity contribution >= 4 is 40.9 Å². The molecule has 0 spiro atoms. The maximum atomic E-state index is 11.9. The number of carbonyl (C=O) groups excluding carboxylic acids is 1. The Bertz CT molecular complexity index is 839. The third-order valence-corrected chi connectivity index (χ3v) is 3.96. The molecule has 0 unspecified atom stereocenters. The average molecular weight is 370 g/mol. The van der Waals surface area contributed by atoms with E-state index in [0.717, 1.165) is 17.8 Å². The molecular formula is C14H12ClN3O5S. The lowest BCUT2D eigenvalue weighted by atomic mass is 10.2. The number of carbonyl (C=O) groups is 2. The first-order valence-corrected chi connectivity index (χ1v) is 7.97. The number of carboxylic acid groups (broad SMARTS) is 1. The standard InChI is InChI=1S/C14H12ClN3O5S/c15-9-2-1-7(5-8(9)13(22)23)16-10(19)3-4-24-14-17-11(20)6-12(21)18-14/h1-2,5-6H,3-4H2,(H,16,19)(H,22,23)(H2,17,18,20,21). The number of H-pyrrole nitrogens is 1. The first kappa shape index (κ1) is 17.8. The average Bonchev–Trinajstić information content (AvgIpc) is 2.48. The summed E-state index contributed by atoms with van der Waals surface area (Å²) in [5.74, 6) is -1.63. The van der Waals surface area contributed by atoms with Crippen LogP contribution in [-0.2, 0) is 4.79 Å². The van der Waals surface area contributed by atoms with Crippen molar-refractivity contribution in [3.05, 3.63) is 45.2 Å². The van der Waals surface area contributed by atoms with Crippen LogP contribution in [0.5, 0.6) is 5.88 Å². The highest BCUT2D eigenvalue weighted by Crippen LogP contribution is 2.21. The number of carboxylic acids is 1. The van der Waals surface area contributed by atoms with Crippen LogP contribution in [0.1, 0.15) is 16.8 Å². The molecule has 8 nitrogen and oxygen atoms in total. The predicted octanol–water partition coefficient (Wildman–Crippen LogP) is 1.95. The Labute approximate surface area is 144 Å². The molecule has 0 saturated carbocycles. The number of rotatable bonds is 6. The van der Waals surface area contributed by atoms with Gasteiger partial charge in [-0.05, 0) is 18.2 Å². The van der Waals surface area contributed by atoms with Gasteiger partial charge in [-0.2, -0.15) is 4.98 Å². The molecule has 2 rings (SSSR count). The molecule has 0 aliphatic heterocycles. The Morgan fingerprint density at radius 1 is 1.33 bits per heavy atom. The monoisotopic (exact) mass is 369 g/mol. The predicted molar refractivity (Wildman–Crippen MR) is 88.9 cm³/mol. The summed E-state index contributed by atoms with van der Waals surface area (Å²) in [6.07, 6.45) is 0.0923. The van der Waals surface area contributed by atoms with E-state index < -0.39 is 17.4 Å². The molecule has 24 heavy (non-hydrogen) atoms. The van der Waals surface area contributed by atoms with Crippen LogP contribution in [0.25, 0.3) is 0 Å². The van der Waals surface area contributed by atoms with Gasteiger partial charge in [-0.25, -0.2) is 4.79 Å². The van der Waals surface area contributed by atoms with E-state index >= 15 is 0 Å². The minimum Gasteiger partial charge on any atom is -0.493 e. The lowest BCUT2D eigenvalue weighted by Crippen LogP contribution is -2.13. The number of thioether (sulfide) groups is 1. The normalized spacial score (nSPS) is 10.4. The summed E-state index contributed by atoms with van der Waals surface area (Å²) in [6.45, 7) is 0. The van der Waals surface area contributed by atoms with E-state index in [9.17, 15) is 19.5 Å². The molecule has 126 valence electrons. The van der Waals surface area contributed by atoms with Crippen LogP contribution in [0.3, 0.4) is 0 Å². The van der Waals surface area contributed by atoms with Crippen LogP contribution in [0.4, 0.5) is 5.69 Å². The van der Waals surface area contributed by atoms with E-state index in [1.165, 1.54) is 18.2 Å². The van der Waals surface area contributed by atoms with Gasteiger partial charge in [0.2, 0.25) is 11.8 Å². The van der Waals surface area contributed by atoms with Crippen LogP contribution in [0.2, 0.25) is 5.02 Å². The van der Waals surface area contributed by atoms with Gasteiger partial charge in [0.25, 0.3) is 5.56 Å². The van der Waals surface area contributed by atoms with E-state index in [4.69, 9.17) is 16.7 Å². The van der Waals surface area contributed by atoms with Crippen LogP contribution < -0.4 is 10.9 Å². The lowest BCUT2D eigenvalue weighted by Gasteiger charge is -2.07. The molecule has 1 heterocycles. The summed E-state index contributed by atoms with van der Waals surface area (Å²) >= 11 is 6.85. The van der Waals surface area contributed by atoms with Crippen LogP contribution in [0, 0.1) is 0 Å². The molecule has 2 aromatic rings. The number of hydrogen-bond acceptors (Lipinski definition) is 6. The van der Waals surface area contributed by atoms with Crippen LogP contribution >= 0.6 is 23.4 Å². The Kier molecular flexibility index (Phi) is 5.83. The summed E-state index contributed by atoms with van der Waals surface area (Å²) in [6, 6.07) is 5.09. The third kappa shape index (κ3) is 5.00. The Morgan fingerprint density at radius 3 is 2.75 bits per heavy atom. The van der Waals surface area contributed by atoms with Gasteiger partial charge in [0, 0.05) is 17.9 Å². The maximum absolute atomic E-state index is 11.9. The fourth-order valence-corrected chi connectivity index (χ4v) is 2.73. The van der Waals surface area contributed by atoms with E-state index in [2.05, 4.69) is 15.3 Å². The number of benzene rings is 1. The fraction of sp³-hybridized carbons (Fsp3) is 0.143. The van der Waals surface area contributed by atoms with E-state index in [0.29, 0.717) is 11.4 Å². The molecule has 10 heteroatoms. The highest BCUT2D eigenvalue weighted by atomic mass is 35.5. The number of aromatic hydroxyl groups is 1. The minimum absolute atomic E-state index is 0.0787. The molecule has 0 atom stereocenters. The second kappa shape index (κ2) is 7.84. The molecule has 1 amide bonds. The van der Waals surface area contributed by atoms with Crippen LogP contribution in [-0.4, -0.2) is 37.8 Å². The highest BCUT2D eigenvalue weighted by Gasteiger charge is 2.11. The number of nitrogens with one attached hydrogen (secondary N) is 2. The van der Waals surface area contributed by atoms with Gasteiger partial charge in [-0.15, -0.1) is 0 Å². The number of anilines is 1. The molecule has 0 saturated heterocycles. The summed E-state index contributed by atoms with van der Waals surface area (Å²) in [7, 11) is 0. The van der Waals surface area contributed by atoms with Crippen molar-refractivity contribution in [3.8, 4) is 5.88 Å². The Hall–Kier alpha value is -2.52. The fourth-order valence-electron chi connectivity index (χ4n) is 1.72. The topological polar surface area (TPSA) is 132 Å². The molecule has 1 aromatic carbocycles. The van der Waals surface area contributed by atoms with Gasteiger partial charge in [0.15, 0.2) is 5.16 Å².